The number of hydrogen-bond acceptors (Lipinski definition) is 5. The van der Waals surface area contributed by atoms with Crippen LogP contribution in [0.3, 0.4) is 0 Å². The van der Waals surface area contributed by atoms with Crippen LogP contribution in [0.5, 0.6) is 0 Å². The fraction of sp³-hybridized carbons (Fsp3) is 0.929. The normalized spacial score (nSPS) is 30.2. The summed E-state index contributed by atoms with van der Waals surface area (Å²) in [5.41, 5.74) is 0. The highest BCUT2D eigenvalue weighted by Crippen LogP contribution is 2.31. The summed E-state index contributed by atoms with van der Waals surface area (Å²) >= 11 is 0. The van der Waals surface area contributed by atoms with Crippen LogP contribution in [-0.2, 0) is 19.0 Å². The van der Waals surface area contributed by atoms with Gasteiger partial charge in [0.2, 0.25) is 5.91 Å². The van der Waals surface area contributed by atoms with E-state index in [4.69, 9.17) is 14.2 Å². The molecular weight excluding hydrogens is 260 g/mol. The monoisotopic (exact) mass is 286 g/mol. The summed E-state index contributed by atoms with van der Waals surface area (Å²) in [5, 5.41) is 0. The highest BCUT2D eigenvalue weighted by atomic mass is 16.5. The molecule has 3 atom stereocenters. The predicted octanol–water partition coefficient (Wildman–Crippen LogP) is -0.0306. The van der Waals surface area contributed by atoms with Gasteiger partial charge in [0.1, 0.15) is 6.61 Å². The number of carbonyl (C=O) groups excluding carboxylic acids is 1. The number of methoxy groups -OCH3 is 1. The molecule has 6 heteroatoms. The third-order valence-corrected chi connectivity index (χ3v) is 4.15. The molecule has 1 aliphatic heterocycles. The van der Waals surface area contributed by atoms with Gasteiger partial charge in [-0.05, 0) is 12.8 Å². The first-order chi connectivity index (χ1) is 9.63. The Balaban J connectivity index is 1.84. The standard InChI is InChI=1S/C14H26N2O4/c1-15(2)13(17)10-20-12-5-4-11-14(12)19-9-7-16(11)6-8-18-3/h11-12,14H,4-10H2,1-3H3/t11-,12+,14+/m0/s1. The number of amides is 1. The van der Waals surface area contributed by atoms with E-state index < -0.39 is 0 Å². The quantitative estimate of drug-likeness (QED) is 0.686. The molecule has 0 aromatic heterocycles. The van der Waals surface area contributed by atoms with Crippen LogP contribution >= 0.6 is 0 Å². The SMILES string of the molecule is COCCN1CCO[C@H]2[C@H](OCC(=O)N(C)C)CC[C@@H]21. The fourth-order valence-electron chi connectivity index (χ4n) is 2.96. The average molecular weight is 286 g/mol. The molecule has 0 aromatic rings. The molecule has 6 nitrogen and oxygen atoms in total. The summed E-state index contributed by atoms with van der Waals surface area (Å²) in [4.78, 5) is 15.6. The van der Waals surface area contributed by atoms with Crippen LogP contribution in [0.25, 0.3) is 0 Å². The molecule has 1 amide bonds. The summed E-state index contributed by atoms with van der Waals surface area (Å²) in [5.74, 6) is 0.000462. The number of fused-ring (bicyclic) bond motifs is 1. The molecule has 2 fully saturated rings. The molecule has 116 valence electrons. The van der Waals surface area contributed by atoms with E-state index in [1.54, 1.807) is 26.1 Å². The molecule has 1 saturated heterocycles. The van der Waals surface area contributed by atoms with Crippen molar-refractivity contribution in [2.75, 3.05) is 54.1 Å². The molecule has 0 bridgehead atoms. The van der Waals surface area contributed by atoms with Gasteiger partial charge < -0.3 is 19.1 Å². The molecule has 1 saturated carbocycles. The van der Waals surface area contributed by atoms with Gasteiger partial charge in [-0.15, -0.1) is 0 Å². The van der Waals surface area contributed by atoms with Crippen LogP contribution in [0.15, 0.2) is 0 Å². The van der Waals surface area contributed by atoms with Crippen molar-refractivity contribution >= 4 is 5.91 Å². The van der Waals surface area contributed by atoms with E-state index in [1.807, 2.05) is 0 Å². The number of ether oxygens (including phenoxy) is 3. The summed E-state index contributed by atoms with van der Waals surface area (Å²) < 4.78 is 16.8. The maximum absolute atomic E-state index is 11.6. The summed E-state index contributed by atoms with van der Waals surface area (Å²) in [6, 6.07) is 0.401. The van der Waals surface area contributed by atoms with Crippen molar-refractivity contribution in [3.8, 4) is 0 Å². The number of rotatable bonds is 6. The van der Waals surface area contributed by atoms with Gasteiger partial charge in [0.05, 0.1) is 25.4 Å². The van der Waals surface area contributed by atoms with Crippen LogP contribution < -0.4 is 0 Å². The second kappa shape index (κ2) is 7.36. The minimum absolute atomic E-state index is 0.000462. The lowest BCUT2D eigenvalue weighted by Crippen LogP contribution is -2.52. The molecular formula is C14H26N2O4. The third kappa shape index (κ3) is 3.69. The lowest BCUT2D eigenvalue weighted by Gasteiger charge is -2.38. The zero-order valence-corrected chi connectivity index (χ0v) is 12.7. The largest absolute Gasteiger partial charge is 0.383 e. The molecule has 1 heterocycles. The van der Waals surface area contributed by atoms with E-state index in [1.165, 1.54) is 0 Å². The van der Waals surface area contributed by atoms with Crippen molar-refractivity contribution in [2.24, 2.45) is 0 Å². The van der Waals surface area contributed by atoms with Crippen LogP contribution in [0.1, 0.15) is 12.8 Å². The Labute approximate surface area is 120 Å². The average Bonchev–Trinajstić information content (AvgIpc) is 2.86. The van der Waals surface area contributed by atoms with E-state index in [-0.39, 0.29) is 24.7 Å². The van der Waals surface area contributed by atoms with Crippen LogP contribution in [0.4, 0.5) is 0 Å². The van der Waals surface area contributed by atoms with Gasteiger partial charge in [-0.3, -0.25) is 9.69 Å². The molecule has 0 unspecified atom stereocenters. The van der Waals surface area contributed by atoms with E-state index in [9.17, 15) is 4.79 Å². The number of likely N-dealkylation sites (N-methyl/N-ethyl adjacent to an activating group) is 1. The maximum Gasteiger partial charge on any atom is 0.248 e. The Hall–Kier alpha value is -0.690. The molecule has 0 radical (unpaired) electrons. The number of hydrogen-bond donors (Lipinski definition) is 0. The second-order valence-corrected chi connectivity index (χ2v) is 5.65. The predicted molar refractivity (Wildman–Crippen MR) is 74.6 cm³/mol. The highest BCUT2D eigenvalue weighted by molar-refractivity contribution is 5.76. The zero-order chi connectivity index (χ0) is 14.5. The first kappa shape index (κ1) is 15.7. The van der Waals surface area contributed by atoms with Gasteiger partial charge in [-0.25, -0.2) is 0 Å². The zero-order valence-electron chi connectivity index (χ0n) is 12.7. The van der Waals surface area contributed by atoms with Crippen LogP contribution in [0, 0.1) is 0 Å². The summed E-state index contributed by atoms with van der Waals surface area (Å²) in [6.07, 6.45) is 2.15. The van der Waals surface area contributed by atoms with Crippen molar-refractivity contribution in [1.29, 1.82) is 0 Å². The summed E-state index contributed by atoms with van der Waals surface area (Å²) in [6.45, 7) is 3.50. The first-order valence-electron chi connectivity index (χ1n) is 7.30. The smallest absolute Gasteiger partial charge is 0.248 e. The Morgan fingerprint density at radius 3 is 2.90 bits per heavy atom. The van der Waals surface area contributed by atoms with Gasteiger partial charge in [-0.2, -0.15) is 0 Å². The Bertz CT molecular complexity index is 324. The molecule has 2 aliphatic rings. The van der Waals surface area contributed by atoms with Crippen molar-refractivity contribution in [3.63, 3.8) is 0 Å². The van der Waals surface area contributed by atoms with Crippen molar-refractivity contribution < 1.29 is 19.0 Å². The van der Waals surface area contributed by atoms with Gasteiger partial charge in [0.15, 0.2) is 0 Å². The first-order valence-corrected chi connectivity index (χ1v) is 7.30. The summed E-state index contributed by atoms with van der Waals surface area (Å²) in [7, 11) is 5.21. The van der Waals surface area contributed by atoms with Crippen molar-refractivity contribution in [3.05, 3.63) is 0 Å². The molecule has 0 spiro atoms. The fourth-order valence-corrected chi connectivity index (χ4v) is 2.96. The number of carbonyl (C=O) groups is 1. The van der Waals surface area contributed by atoms with E-state index in [0.29, 0.717) is 6.04 Å². The Kier molecular flexibility index (Phi) is 5.77. The second-order valence-electron chi connectivity index (χ2n) is 5.65. The highest BCUT2D eigenvalue weighted by Gasteiger charge is 2.43. The Morgan fingerprint density at radius 1 is 1.40 bits per heavy atom. The molecule has 0 aromatic carbocycles. The molecule has 20 heavy (non-hydrogen) atoms. The van der Waals surface area contributed by atoms with Crippen molar-refractivity contribution in [2.45, 2.75) is 31.1 Å². The minimum atomic E-state index is 0.000462. The minimum Gasteiger partial charge on any atom is -0.383 e. The van der Waals surface area contributed by atoms with E-state index in [2.05, 4.69) is 4.90 Å². The van der Waals surface area contributed by atoms with E-state index in [0.717, 1.165) is 39.1 Å². The molecule has 1 aliphatic carbocycles. The topological polar surface area (TPSA) is 51.2 Å². The Morgan fingerprint density at radius 2 is 2.20 bits per heavy atom. The molecule has 0 N–H and O–H groups in total. The third-order valence-electron chi connectivity index (χ3n) is 4.15. The van der Waals surface area contributed by atoms with Gasteiger partial charge >= 0.3 is 0 Å². The molecule has 2 rings (SSSR count). The van der Waals surface area contributed by atoms with Gasteiger partial charge in [0.25, 0.3) is 0 Å². The van der Waals surface area contributed by atoms with E-state index >= 15 is 0 Å². The maximum atomic E-state index is 11.6. The van der Waals surface area contributed by atoms with Gasteiger partial charge in [-0.1, -0.05) is 0 Å². The van der Waals surface area contributed by atoms with Gasteiger partial charge in [0, 0.05) is 40.3 Å². The lowest BCUT2D eigenvalue weighted by molar-refractivity contribution is -0.144. The lowest BCUT2D eigenvalue weighted by atomic mass is 10.1. The van der Waals surface area contributed by atoms with Crippen molar-refractivity contribution in [1.82, 2.24) is 9.80 Å². The number of morpholine rings is 1. The van der Waals surface area contributed by atoms with Crippen LogP contribution in [-0.4, -0.2) is 88.1 Å². The number of nitrogens with zero attached hydrogens (tertiary/aromatic N) is 2. The van der Waals surface area contributed by atoms with Crippen LogP contribution in [0.2, 0.25) is 0 Å².